The summed E-state index contributed by atoms with van der Waals surface area (Å²) in [6, 6.07) is 5.69. The second-order valence-electron chi connectivity index (χ2n) is 4.93. The maximum atomic E-state index is 9.68. The Morgan fingerprint density at radius 3 is 2.56 bits per heavy atom. The van der Waals surface area contributed by atoms with Gasteiger partial charge >= 0.3 is 0 Å². The predicted octanol–water partition coefficient (Wildman–Crippen LogP) is 3.17. The highest BCUT2D eigenvalue weighted by molar-refractivity contribution is 5.41. The van der Waals surface area contributed by atoms with E-state index in [0.29, 0.717) is 12.4 Å². The number of aromatic hydroxyl groups is 1. The zero-order valence-corrected chi connectivity index (χ0v) is 11.2. The molecule has 0 aliphatic carbocycles. The summed E-state index contributed by atoms with van der Waals surface area (Å²) in [5.74, 6) is 0.835. The van der Waals surface area contributed by atoms with E-state index in [4.69, 9.17) is 4.74 Å². The molecule has 0 atom stereocenters. The highest BCUT2D eigenvalue weighted by Crippen LogP contribution is 2.27. The van der Waals surface area contributed by atoms with Gasteiger partial charge in [-0.2, -0.15) is 0 Å². The lowest BCUT2D eigenvalue weighted by molar-refractivity contribution is 0.275. The van der Waals surface area contributed by atoms with Gasteiger partial charge < -0.3 is 9.84 Å². The average Bonchev–Trinajstić information content (AvgIpc) is 2.62. The standard InChI is InChI=1S/C15H23NO2/c1-2-18-15-11-13(7-8-14(15)17)12-16-9-5-3-4-6-10-16/h7-8,11,17H,2-6,9-10,12H2,1H3. The van der Waals surface area contributed by atoms with Gasteiger partial charge in [-0.3, -0.25) is 4.90 Å². The molecule has 0 unspecified atom stereocenters. The van der Waals surface area contributed by atoms with Gasteiger partial charge in [-0.15, -0.1) is 0 Å². The number of rotatable bonds is 4. The van der Waals surface area contributed by atoms with Crippen LogP contribution in [0.1, 0.15) is 38.2 Å². The molecule has 0 saturated carbocycles. The maximum Gasteiger partial charge on any atom is 0.161 e. The van der Waals surface area contributed by atoms with E-state index in [1.54, 1.807) is 6.07 Å². The zero-order chi connectivity index (χ0) is 12.8. The number of nitrogens with zero attached hydrogens (tertiary/aromatic N) is 1. The lowest BCUT2D eigenvalue weighted by Crippen LogP contribution is -2.23. The largest absolute Gasteiger partial charge is 0.504 e. The molecule has 2 rings (SSSR count). The molecule has 18 heavy (non-hydrogen) atoms. The Bertz CT molecular complexity index is 371. The molecule has 1 aliphatic rings. The first-order chi connectivity index (χ1) is 8.79. The van der Waals surface area contributed by atoms with Crippen LogP contribution in [-0.2, 0) is 6.54 Å². The fraction of sp³-hybridized carbons (Fsp3) is 0.600. The van der Waals surface area contributed by atoms with Gasteiger partial charge in [0.05, 0.1) is 6.61 Å². The van der Waals surface area contributed by atoms with Gasteiger partial charge in [0.1, 0.15) is 0 Å². The minimum atomic E-state index is 0.233. The Balaban J connectivity index is 2.01. The van der Waals surface area contributed by atoms with Gasteiger partial charge in [-0.05, 0) is 50.6 Å². The van der Waals surface area contributed by atoms with E-state index in [0.717, 1.165) is 6.54 Å². The zero-order valence-electron chi connectivity index (χ0n) is 11.2. The summed E-state index contributed by atoms with van der Waals surface area (Å²) in [6.07, 6.45) is 5.32. The Hall–Kier alpha value is -1.22. The second-order valence-corrected chi connectivity index (χ2v) is 4.93. The third-order valence-electron chi connectivity index (χ3n) is 3.43. The number of hydrogen-bond acceptors (Lipinski definition) is 3. The summed E-state index contributed by atoms with van der Waals surface area (Å²) in [4.78, 5) is 2.50. The fourth-order valence-corrected chi connectivity index (χ4v) is 2.48. The molecule has 1 fully saturated rings. The first kappa shape index (κ1) is 13.2. The number of hydrogen-bond donors (Lipinski definition) is 1. The Kier molecular flexibility index (Phi) is 4.88. The molecule has 100 valence electrons. The summed E-state index contributed by atoms with van der Waals surface area (Å²) in [5.41, 5.74) is 1.22. The van der Waals surface area contributed by atoms with Crippen molar-refractivity contribution >= 4 is 0 Å². The van der Waals surface area contributed by atoms with E-state index < -0.39 is 0 Å². The smallest absolute Gasteiger partial charge is 0.161 e. The van der Waals surface area contributed by atoms with Crippen molar-refractivity contribution in [3.05, 3.63) is 23.8 Å². The quantitative estimate of drug-likeness (QED) is 0.889. The van der Waals surface area contributed by atoms with Crippen LogP contribution in [0.15, 0.2) is 18.2 Å². The molecular formula is C15H23NO2. The van der Waals surface area contributed by atoms with Crippen molar-refractivity contribution in [1.29, 1.82) is 0 Å². The molecule has 3 heteroatoms. The van der Waals surface area contributed by atoms with E-state index in [-0.39, 0.29) is 5.75 Å². The Morgan fingerprint density at radius 2 is 1.89 bits per heavy atom. The molecular weight excluding hydrogens is 226 g/mol. The Labute approximate surface area is 109 Å². The van der Waals surface area contributed by atoms with Crippen LogP contribution < -0.4 is 4.74 Å². The van der Waals surface area contributed by atoms with Gasteiger partial charge in [0, 0.05) is 6.54 Å². The average molecular weight is 249 g/mol. The van der Waals surface area contributed by atoms with E-state index >= 15 is 0 Å². The maximum absolute atomic E-state index is 9.68. The van der Waals surface area contributed by atoms with Crippen LogP contribution >= 0.6 is 0 Å². The van der Waals surface area contributed by atoms with Crippen molar-refractivity contribution < 1.29 is 9.84 Å². The van der Waals surface area contributed by atoms with E-state index in [1.165, 1.54) is 44.3 Å². The van der Waals surface area contributed by atoms with Crippen LogP contribution in [0.2, 0.25) is 0 Å². The van der Waals surface area contributed by atoms with E-state index in [2.05, 4.69) is 4.90 Å². The third kappa shape index (κ3) is 3.64. The van der Waals surface area contributed by atoms with Crippen LogP contribution in [0.4, 0.5) is 0 Å². The van der Waals surface area contributed by atoms with Crippen LogP contribution in [0, 0.1) is 0 Å². The first-order valence-corrected chi connectivity index (χ1v) is 6.96. The van der Waals surface area contributed by atoms with E-state index in [1.807, 2.05) is 19.1 Å². The molecule has 1 saturated heterocycles. The Morgan fingerprint density at radius 1 is 1.17 bits per heavy atom. The van der Waals surface area contributed by atoms with Crippen LogP contribution in [0.25, 0.3) is 0 Å². The van der Waals surface area contributed by atoms with E-state index in [9.17, 15) is 5.11 Å². The lowest BCUT2D eigenvalue weighted by atomic mass is 10.2. The fourth-order valence-electron chi connectivity index (χ4n) is 2.48. The third-order valence-corrected chi connectivity index (χ3v) is 3.43. The van der Waals surface area contributed by atoms with Gasteiger partial charge in [0.15, 0.2) is 11.5 Å². The second kappa shape index (κ2) is 6.64. The molecule has 1 aromatic carbocycles. The normalized spacial score (nSPS) is 17.4. The van der Waals surface area contributed by atoms with Gasteiger partial charge in [-0.1, -0.05) is 18.9 Å². The van der Waals surface area contributed by atoms with Crippen molar-refractivity contribution in [1.82, 2.24) is 4.90 Å². The molecule has 0 spiro atoms. The van der Waals surface area contributed by atoms with Crippen molar-refractivity contribution in [3.63, 3.8) is 0 Å². The minimum Gasteiger partial charge on any atom is -0.504 e. The summed E-state index contributed by atoms with van der Waals surface area (Å²) in [6.45, 7) is 5.84. The van der Waals surface area contributed by atoms with Crippen LogP contribution in [0.3, 0.4) is 0 Å². The topological polar surface area (TPSA) is 32.7 Å². The molecule has 0 amide bonds. The highest BCUT2D eigenvalue weighted by Gasteiger charge is 2.11. The van der Waals surface area contributed by atoms with Crippen molar-refractivity contribution in [3.8, 4) is 11.5 Å². The SMILES string of the molecule is CCOc1cc(CN2CCCCCC2)ccc1O. The molecule has 3 nitrogen and oxygen atoms in total. The molecule has 1 aromatic rings. The summed E-state index contributed by atoms with van der Waals surface area (Å²) in [5, 5.41) is 9.68. The number of benzene rings is 1. The lowest BCUT2D eigenvalue weighted by Gasteiger charge is -2.20. The summed E-state index contributed by atoms with van der Waals surface area (Å²) < 4.78 is 5.42. The van der Waals surface area contributed by atoms with Crippen LogP contribution in [-0.4, -0.2) is 29.7 Å². The van der Waals surface area contributed by atoms with Gasteiger partial charge in [-0.25, -0.2) is 0 Å². The first-order valence-electron chi connectivity index (χ1n) is 6.96. The number of ether oxygens (including phenoxy) is 1. The van der Waals surface area contributed by atoms with Gasteiger partial charge in [0.2, 0.25) is 0 Å². The molecule has 0 radical (unpaired) electrons. The number of phenols is 1. The van der Waals surface area contributed by atoms with Crippen molar-refractivity contribution in [2.45, 2.75) is 39.2 Å². The van der Waals surface area contributed by atoms with Crippen molar-refractivity contribution in [2.24, 2.45) is 0 Å². The molecule has 0 bridgehead atoms. The molecule has 1 N–H and O–H groups in total. The molecule has 1 aliphatic heterocycles. The number of likely N-dealkylation sites (tertiary alicyclic amines) is 1. The van der Waals surface area contributed by atoms with Crippen molar-refractivity contribution in [2.75, 3.05) is 19.7 Å². The van der Waals surface area contributed by atoms with Gasteiger partial charge in [0.25, 0.3) is 0 Å². The summed E-state index contributed by atoms with van der Waals surface area (Å²) in [7, 11) is 0. The highest BCUT2D eigenvalue weighted by atomic mass is 16.5. The molecule has 0 aromatic heterocycles. The summed E-state index contributed by atoms with van der Waals surface area (Å²) >= 11 is 0. The molecule has 1 heterocycles. The monoisotopic (exact) mass is 249 g/mol. The van der Waals surface area contributed by atoms with Crippen LogP contribution in [0.5, 0.6) is 11.5 Å². The predicted molar refractivity (Wildman–Crippen MR) is 73.0 cm³/mol. The number of phenolic OH excluding ortho intramolecular Hbond substituents is 1. The minimum absolute atomic E-state index is 0.233.